The summed E-state index contributed by atoms with van der Waals surface area (Å²) in [7, 11) is 0. The average Bonchev–Trinajstić information content (AvgIpc) is 2.54. The summed E-state index contributed by atoms with van der Waals surface area (Å²) in [5.74, 6) is -0.0309. The van der Waals surface area contributed by atoms with Crippen LogP contribution in [-0.2, 0) is 4.74 Å². The summed E-state index contributed by atoms with van der Waals surface area (Å²) in [6.07, 6.45) is -0.0858. The van der Waals surface area contributed by atoms with Crippen LogP contribution in [0.2, 0.25) is 5.15 Å². The molecule has 1 atom stereocenters. The van der Waals surface area contributed by atoms with E-state index in [4.69, 9.17) is 16.3 Å². The number of rotatable bonds is 2. The maximum Gasteiger partial charge on any atom is 0.254 e. The molecule has 0 saturated carbocycles. The molecule has 0 radical (unpaired) electrons. The molecule has 0 N–H and O–H groups in total. The molecule has 0 bridgehead atoms. The lowest BCUT2D eigenvalue weighted by atomic mass is 10.1. The van der Waals surface area contributed by atoms with Crippen LogP contribution in [0.4, 0.5) is 0 Å². The Morgan fingerprint density at radius 2 is 2.09 bits per heavy atom. The van der Waals surface area contributed by atoms with Crippen LogP contribution in [-0.4, -0.2) is 35.5 Å². The first-order chi connectivity index (χ1) is 10.6. The van der Waals surface area contributed by atoms with E-state index in [-0.39, 0.29) is 12.0 Å². The lowest BCUT2D eigenvalue weighted by Gasteiger charge is -2.33. The zero-order chi connectivity index (χ0) is 15.5. The van der Waals surface area contributed by atoms with Crippen molar-refractivity contribution in [3.8, 4) is 0 Å². The van der Waals surface area contributed by atoms with Gasteiger partial charge in [0.25, 0.3) is 5.91 Å². The minimum Gasteiger partial charge on any atom is -0.370 e. The monoisotopic (exact) mass is 316 g/mol. The van der Waals surface area contributed by atoms with Crippen molar-refractivity contribution in [3.63, 3.8) is 0 Å². The molecule has 5 heteroatoms. The first-order valence-corrected chi connectivity index (χ1v) is 7.61. The number of carbonyl (C=O) groups is 1. The Morgan fingerprint density at radius 1 is 1.32 bits per heavy atom. The number of pyridine rings is 1. The Kier molecular flexibility index (Phi) is 4.41. The molecule has 2 aromatic rings. The summed E-state index contributed by atoms with van der Waals surface area (Å²) in [5, 5.41) is 0.344. The number of carbonyl (C=O) groups excluding carboxylic acids is 1. The normalized spacial score (nSPS) is 18.3. The fraction of sp³-hybridized carbons (Fsp3) is 0.294. The first-order valence-electron chi connectivity index (χ1n) is 7.23. The molecular weight excluding hydrogens is 300 g/mol. The van der Waals surface area contributed by atoms with Crippen LogP contribution in [0.25, 0.3) is 0 Å². The summed E-state index contributed by atoms with van der Waals surface area (Å²) in [4.78, 5) is 18.6. The van der Waals surface area contributed by atoms with Gasteiger partial charge in [-0.25, -0.2) is 4.98 Å². The van der Waals surface area contributed by atoms with Crippen molar-refractivity contribution in [2.24, 2.45) is 0 Å². The number of aromatic nitrogens is 1. The van der Waals surface area contributed by atoms with Crippen molar-refractivity contribution in [3.05, 3.63) is 64.4 Å². The molecule has 1 aliphatic heterocycles. The van der Waals surface area contributed by atoms with Crippen molar-refractivity contribution >= 4 is 17.5 Å². The zero-order valence-corrected chi connectivity index (χ0v) is 13.1. The van der Waals surface area contributed by atoms with Crippen molar-refractivity contribution in [2.45, 2.75) is 13.0 Å². The summed E-state index contributed by atoms with van der Waals surface area (Å²) in [5.41, 5.74) is 2.40. The van der Waals surface area contributed by atoms with Gasteiger partial charge in [0.2, 0.25) is 0 Å². The molecule has 1 unspecified atom stereocenters. The van der Waals surface area contributed by atoms with E-state index in [2.05, 4.69) is 4.98 Å². The second-order valence-electron chi connectivity index (χ2n) is 5.34. The summed E-state index contributed by atoms with van der Waals surface area (Å²) < 4.78 is 5.80. The highest BCUT2D eigenvalue weighted by atomic mass is 35.5. The van der Waals surface area contributed by atoms with Gasteiger partial charge in [0, 0.05) is 17.8 Å². The van der Waals surface area contributed by atoms with Crippen LogP contribution in [0.3, 0.4) is 0 Å². The maximum absolute atomic E-state index is 12.7. The highest BCUT2D eigenvalue weighted by Gasteiger charge is 2.26. The third-order valence-corrected chi connectivity index (χ3v) is 3.89. The van der Waals surface area contributed by atoms with E-state index in [0.29, 0.717) is 30.4 Å². The van der Waals surface area contributed by atoms with E-state index in [0.717, 1.165) is 11.3 Å². The molecule has 0 spiro atoms. The van der Waals surface area contributed by atoms with E-state index >= 15 is 0 Å². The SMILES string of the molecule is Cc1cc(C(=O)N2CCOC(c3ccccc3)C2)cc(Cl)n1. The van der Waals surface area contributed by atoms with Crippen molar-refractivity contribution in [1.82, 2.24) is 9.88 Å². The largest absolute Gasteiger partial charge is 0.370 e. The van der Waals surface area contributed by atoms with E-state index in [9.17, 15) is 4.79 Å². The molecule has 22 heavy (non-hydrogen) atoms. The predicted octanol–water partition coefficient (Wildman–Crippen LogP) is 3.26. The number of morpholine rings is 1. The number of hydrogen-bond donors (Lipinski definition) is 0. The molecule has 1 amide bonds. The van der Waals surface area contributed by atoms with E-state index in [1.807, 2.05) is 42.2 Å². The second kappa shape index (κ2) is 6.46. The van der Waals surface area contributed by atoms with E-state index in [1.165, 1.54) is 0 Å². The molecule has 1 aromatic heterocycles. The lowest BCUT2D eigenvalue weighted by Crippen LogP contribution is -2.42. The fourth-order valence-electron chi connectivity index (χ4n) is 2.64. The third kappa shape index (κ3) is 3.29. The van der Waals surface area contributed by atoms with Gasteiger partial charge in [-0.05, 0) is 24.6 Å². The standard InChI is InChI=1S/C17H17ClN2O2/c1-12-9-14(10-16(18)19-12)17(21)20-7-8-22-15(11-20)13-5-3-2-4-6-13/h2-6,9-10,15H,7-8,11H2,1H3. The van der Waals surface area contributed by atoms with Crippen LogP contribution >= 0.6 is 11.6 Å². The number of amides is 1. The van der Waals surface area contributed by atoms with Crippen LogP contribution in [0.1, 0.15) is 27.7 Å². The average molecular weight is 317 g/mol. The topological polar surface area (TPSA) is 42.4 Å². The number of ether oxygens (including phenoxy) is 1. The van der Waals surface area contributed by atoms with Crippen molar-refractivity contribution < 1.29 is 9.53 Å². The Bertz CT molecular complexity index is 655. The molecule has 1 aromatic carbocycles. The molecule has 3 rings (SSSR count). The van der Waals surface area contributed by atoms with Crippen molar-refractivity contribution in [2.75, 3.05) is 19.7 Å². The molecule has 0 aliphatic carbocycles. The second-order valence-corrected chi connectivity index (χ2v) is 5.73. The van der Waals surface area contributed by atoms with Crippen LogP contribution < -0.4 is 0 Å². The smallest absolute Gasteiger partial charge is 0.254 e. The molecule has 4 nitrogen and oxygen atoms in total. The first kappa shape index (κ1) is 15.0. The van der Waals surface area contributed by atoms with Gasteiger partial charge < -0.3 is 9.64 Å². The Hall–Kier alpha value is -1.91. The highest BCUT2D eigenvalue weighted by molar-refractivity contribution is 6.29. The Labute approximate surface area is 134 Å². The number of nitrogens with zero attached hydrogens (tertiary/aromatic N) is 2. The molecule has 1 saturated heterocycles. The Balaban J connectivity index is 1.78. The van der Waals surface area contributed by atoms with Crippen LogP contribution in [0.5, 0.6) is 0 Å². The molecular formula is C17H17ClN2O2. The number of hydrogen-bond acceptors (Lipinski definition) is 3. The molecule has 1 fully saturated rings. The summed E-state index contributed by atoms with van der Waals surface area (Å²) in [6, 6.07) is 13.3. The van der Waals surface area contributed by atoms with Gasteiger partial charge in [-0.15, -0.1) is 0 Å². The lowest BCUT2D eigenvalue weighted by molar-refractivity contribution is -0.0228. The summed E-state index contributed by atoms with van der Waals surface area (Å²) >= 11 is 5.95. The van der Waals surface area contributed by atoms with Gasteiger partial charge in [-0.3, -0.25) is 4.79 Å². The van der Waals surface area contributed by atoms with E-state index < -0.39 is 0 Å². The molecule has 1 aliphatic rings. The minimum atomic E-state index is -0.0858. The van der Waals surface area contributed by atoms with Gasteiger partial charge in [0.05, 0.1) is 13.2 Å². The van der Waals surface area contributed by atoms with Crippen LogP contribution in [0, 0.1) is 6.92 Å². The fourth-order valence-corrected chi connectivity index (χ4v) is 2.89. The van der Waals surface area contributed by atoms with Gasteiger partial charge in [-0.2, -0.15) is 0 Å². The predicted molar refractivity (Wildman–Crippen MR) is 85.0 cm³/mol. The van der Waals surface area contributed by atoms with Gasteiger partial charge in [0.15, 0.2) is 0 Å². The van der Waals surface area contributed by atoms with Gasteiger partial charge >= 0.3 is 0 Å². The summed E-state index contributed by atoms with van der Waals surface area (Å²) in [6.45, 7) is 3.49. The minimum absolute atomic E-state index is 0.0309. The zero-order valence-electron chi connectivity index (χ0n) is 12.3. The Morgan fingerprint density at radius 3 is 2.82 bits per heavy atom. The number of benzene rings is 1. The maximum atomic E-state index is 12.7. The quantitative estimate of drug-likeness (QED) is 0.799. The molecule has 2 heterocycles. The van der Waals surface area contributed by atoms with Crippen molar-refractivity contribution in [1.29, 1.82) is 0 Å². The van der Waals surface area contributed by atoms with E-state index in [1.54, 1.807) is 12.1 Å². The third-order valence-electron chi connectivity index (χ3n) is 3.69. The van der Waals surface area contributed by atoms with Gasteiger partial charge in [-0.1, -0.05) is 41.9 Å². The number of halogens is 1. The molecule has 114 valence electrons. The van der Waals surface area contributed by atoms with Gasteiger partial charge in [0.1, 0.15) is 11.3 Å². The highest BCUT2D eigenvalue weighted by Crippen LogP contribution is 2.23. The number of aryl methyl sites for hydroxylation is 1. The van der Waals surface area contributed by atoms with Crippen LogP contribution in [0.15, 0.2) is 42.5 Å².